The summed E-state index contributed by atoms with van der Waals surface area (Å²) in [5.74, 6) is 0.0116. The van der Waals surface area contributed by atoms with Crippen molar-refractivity contribution in [3.8, 4) is 0 Å². The number of nitroso groups, excluding NO2 is 1. The molecule has 0 aliphatic carbocycles. The highest BCUT2D eigenvalue weighted by Crippen LogP contribution is 2.05. The van der Waals surface area contributed by atoms with E-state index in [1.54, 1.807) is 19.9 Å². The molecule has 10 heavy (non-hydrogen) atoms. The summed E-state index contributed by atoms with van der Waals surface area (Å²) >= 11 is 0. The third kappa shape index (κ3) is 1.34. The Balaban J connectivity index is 3.18. The van der Waals surface area contributed by atoms with Gasteiger partial charge in [0.2, 0.25) is 0 Å². The van der Waals surface area contributed by atoms with E-state index in [0.717, 1.165) is 11.4 Å². The van der Waals surface area contributed by atoms with Gasteiger partial charge in [-0.25, -0.2) is 9.97 Å². The molecule has 0 atom stereocenters. The molecule has 0 unspecified atom stereocenters. The minimum absolute atomic E-state index is 0.0116. The number of hydrogen-bond acceptors (Lipinski definition) is 4. The van der Waals surface area contributed by atoms with E-state index in [1.807, 2.05) is 0 Å². The maximum Gasteiger partial charge on any atom is 0.291 e. The standard InChI is InChI=1S/C6H7N3O/c1-4-3-5(2)8-6(7-4)9-10/h3H,1-2H3. The monoisotopic (exact) mass is 137 g/mol. The van der Waals surface area contributed by atoms with Crippen LogP contribution in [0.4, 0.5) is 5.95 Å². The SMILES string of the molecule is Cc1cc(C)nc(N=O)n1. The highest BCUT2D eigenvalue weighted by atomic mass is 16.3. The fourth-order valence-corrected chi connectivity index (χ4v) is 0.748. The zero-order chi connectivity index (χ0) is 7.56. The molecule has 1 aromatic heterocycles. The molecule has 0 aliphatic rings. The second-order valence-electron chi connectivity index (χ2n) is 2.04. The Hall–Kier alpha value is -1.32. The topological polar surface area (TPSA) is 55.2 Å². The number of nitrogens with zero attached hydrogens (tertiary/aromatic N) is 3. The van der Waals surface area contributed by atoms with Crippen LogP contribution in [-0.2, 0) is 0 Å². The van der Waals surface area contributed by atoms with E-state index >= 15 is 0 Å². The molecule has 1 heterocycles. The van der Waals surface area contributed by atoms with Crippen LogP contribution < -0.4 is 0 Å². The van der Waals surface area contributed by atoms with E-state index in [9.17, 15) is 4.91 Å². The second-order valence-corrected chi connectivity index (χ2v) is 2.04. The first-order chi connectivity index (χ1) is 4.72. The summed E-state index contributed by atoms with van der Waals surface area (Å²) in [6.07, 6.45) is 0. The summed E-state index contributed by atoms with van der Waals surface area (Å²) in [5, 5.41) is 2.62. The van der Waals surface area contributed by atoms with E-state index in [1.165, 1.54) is 0 Å². The van der Waals surface area contributed by atoms with Gasteiger partial charge in [0.1, 0.15) is 0 Å². The predicted molar refractivity (Wildman–Crippen MR) is 37.0 cm³/mol. The van der Waals surface area contributed by atoms with Crippen LogP contribution in [0.5, 0.6) is 0 Å². The van der Waals surface area contributed by atoms with Gasteiger partial charge in [0.05, 0.1) is 0 Å². The molecule has 1 rings (SSSR count). The molecular weight excluding hydrogens is 130 g/mol. The van der Waals surface area contributed by atoms with Gasteiger partial charge in [0.25, 0.3) is 5.95 Å². The van der Waals surface area contributed by atoms with Gasteiger partial charge in [-0.05, 0) is 19.9 Å². The zero-order valence-corrected chi connectivity index (χ0v) is 5.83. The lowest BCUT2D eigenvalue weighted by Gasteiger charge is -1.93. The minimum Gasteiger partial charge on any atom is -0.214 e. The van der Waals surface area contributed by atoms with Gasteiger partial charge >= 0.3 is 0 Å². The van der Waals surface area contributed by atoms with Crippen molar-refractivity contribution < 1.29 is 0 Å². The van der Waals surface area contributed by atoms with Crippen molar-refractivity contribution in [1.29, 1.82) is 0 Å². The van der Waals surface area contributed by atoms with Crippen molar-refractivity contribution >= 4 is 5.95 Å². The predicted octanol–water partition coefficient (Wildman–Crippen LogP) is 1.49. The molecule has 0 aliphatic heterocycles. The van der Waals surface area contributed by atoms with Gasteiger partial charge in [0.15, 0.2) is 0 Å². The quantitative estimate of drug-likeness (QED) is 0.551. The highest BCUT2D eigenvalue weighted by molar-refractivity contribution is 5.19. The van der Waals surface area contributed by atoms with Crippen LogP contribution in [0.2, 0.25) is 0 Å². The Morgan fingerprint density at radius 3 is 2.20 bits per heavy atom. The molecule has 0 fully saturated rings. The molecule has 52 valence electrons. The van der Waals surface area contributed by atoms with Crippen molar-refractivity contribution in [1.82, 2.24) is 9.97 Å². The van der Waals surface area contributed by atoms with E-state index in [-0.39, 0.29) is 5.95 Å². The second kappa shape index (κ2) is 2.51. The Bertz CT molecular complexity index is 239. The molecule has 0 saturated carbocycles. The van der Waals surface area contributed by atoms with Crippen molar-refractivity contribution in [2.24, 2.45) is 5.18 Å². The van der Waals surface area contributed by atoms with Crippen molar-refractivity contribution in [2.45, 2.75) is 13.8 Å². The Kier molecular flexibility index (Phi) is 1.71. The fraction of sp³-hybridized carbons (Fsp3) is 0.333. The lowest BCUT2D eigenvalue weighted by Crippen LogP contribution is -1.87. The van der Waals surface area contributed by atoms with Crippen LogP contribution in [-0.4, -0.2) is 9.97 Å². The van der Waals surface area contributed by atoms with Crippen LogP contribution in [0.15, 0.2) is 11.2 Å². The summed E-state index contributed by atoms with van der Waals surface area (Å²) < 4.78 is 0. The van der Waals surface area contributed by atoms with Crippen LogP contribution >= 0.6 is 0 Å². The van der Waals surface area contributed by atoms with E-state index in [4.69, 9.17) is 0 Å². The van der Waals surface area contributed by atoms with Crippen molar-refractivity contribution in [2.75, 3.05) is 0 Å². The average Bonchev–Trinajstić information content (AvgIpc) is 1.85. The lowest BCUT2D eigenvalue weighted by molar-refractivity contribution is 1.04. The molecule has 0 N–H and O–H groups in total. The molecule has 4 heteroatoms. The van der Waals surface area contributed by atoms with E-state index in [0.29, 0.717) is 0 Å². The number of aryl methyl sites for hydroxylation is 2. The molecule has 0 amide bonds. The number of hydrogen-bond donors (Lipinski definition) is 0. The maximum absolute atomic E-state index is 9.94. The largest absolute Gasteiger partial charge is 0.291 e. The van der Waals surface area contributed by atoms with Gasteiger partial charge in [-0.1, -0.05) is 0 Å². The average molecular weight is 137 g/mol. The summed E-state index contributed by atoms with van der Waals surface area (Å²) in [5.41, 5.74) is 1.53. The van der Waals surface area contributed by atoms with E-state index < -0.39 is 0 Å². The van der Waals surface area contributed by atoms with Crippen LogP contribution in [0.3, 0.4) is 0 Å². The molecule has 0 bridgehead atoms. The molecular formula is C6H7N3O. The first kappa shape index (κ1) is 6.80. The van der Waals surface area contributed by atoms with Crippen LogP contribution in [0.25, 0.3) is 0 Å². The fourth-order valence-electron chi connectivity index (χ4n) is 0.748. The normalized spacial score (nSPS) is 9.40. The van der Waals surface area contributed by atoms with Gasteiger partial charge in [-0.3, -0.25) is 0 Å². The summed E-state index contributed by atoms with van der Waals surface area (Å²) in [7, 11) is 0. The van der Waals surface area contributed by atoms with Gasteiger partial charge in [0, 0.05) is 16.6 Å². The molecule has 0 saturated heterocycles. The van der Waals surface area contributed by atoms with Gasteiger partial charge in [-0.2, -0.15) is 0 Å². The molecule has 4 nitrogen and oxygen atoms in total. The summed E-state index contributed by atoms with van der Waals surface area (Å²) in [4.78, 5) is 17.5. The summed E-state index contributed by atoms with van der Waals surface area (Å²) in [6, 6.07) is 1.79. The molecule has 0 radical (unpaired) electrons. The zero-order valence-electron chi connectivity index (χ0n) is 5.83. The lowest BCUT2D eigenvalue weighted by atomic mass is 10.4. The molecule has 0 aromatic carbocycles. The molecule has 1 aromatic rings. The van der Waals surface area contributed by atoms with Crippen LogP contribution in [0.1, 0.15) is 11.4 Å². The van der Waals surface area contributed by atoms with Crippen molar-refractivity contribution in [3.63, 3.8) is 0 Å². The molecule has 0 spiro atoms. The smallest absolute Gasteiger partial charge is 0.214 e. The van der Waals surface area contributed by atoms with Gasteiger partial charge in [-0.15, -0.1) is 4.91 Å². The van der Waals surface area contributed by atoms with E-state index in [2.05, 4.69) is 15.1 Å². The highest BCUT2D eigenvalue weighted by Gasteiger charge is 1.96. The maximum atomic E-state index is 9.94. The first-order valence-electron chi connectivity index (χ1n) is 2.88. The third-order valence-corrected chi connectivity index (χ3v) is 1.05. The van der Waals surface area contributed by atoms with Crippen molar-refractivity contribution in [3.05, 3.63) is 22.4 Å². The Morgan fingerprint density at radius 2 is 1.80 bits per heavy atom. The Morgan fingerprint density at radius 1 is 1.30 bits per heavy atom. The van der Waals surface area contributed by atoms with Gasteiger partial charge < -0.3 is 0 Å². The number of aromatic nitrogens is 2. The third-order valence-electron chi connectivity index (χ3n) is 1.05. The Labute approximate surface area is 58.3 Å². The minimum atomic E-state index is 0.0116. The first-order valence-corrected chi connectivity index (χ1v) is 2.88. The van der Waals surface area contributed by atoms with Crippen LogP contribution in [0, 0.1) is 18.8 Å². The summed E-state index contributed by atoms with van der Waals surface area (Å²) in [6.45, 7) is 3.59. The number of rotatable bonds is 1.